The summed E-state index contributed by atoms with van der Waals surface area (Å²) in [6.07, 6.45) is 6.15. The van der Waals surface area contributed by atoms with Crippen LogP contribution in [0.5, 0.6) is 0 Å². The van der Waals surface area contributed by atoms with Crippen LogP contribution in [0.1, 0.15) is 33.1 Å². The molecule has 0 atom stereocenters. The number of rotatable bonds is 0. The second-order valence-corrected chi connectivity index (χ2v) is 4.24. The zero-order valence-electron chi connectivity index (χ0n) is 8.09. The van der Waals surface area contributed by atoms with Crippen molar-refractivity contribution in [1.82, 2.24) is 0 Å². The van der Waals surface area contributed by atoms with Gasteiger partial charge in [-0.15, -0.1) is 0 Å². The Balaban J connectivity index is 2.32. The molecule has 0 N–H and O–H groups in total. The summed E-state index contributed by atoms with van der Waals surface area (Å²) in [5, 5.41) is 0. The molecule has 70 valence electrons. The van der Waals surface area contributed by atoms with E-state index in [1.165, 1.54) is 0 Å². The lowest BCUT2D eigenvalue weighted by Crippen LogP contribution is -2.34. The normalized spacial score (nSPS) is 25.5. The predicted molar refractivity (Wildman–Crippen MR) is 50.2 cm³/mol. The van der Waals surface area contributed by atoms with Crippen molar-refractivity contribution in [3.63, 3.8) is 0 Å². The molecule has 0 unspecified atom stereocenters. The first kappa shape index (κ1) is 8.54. The Hall–Kier alpha value is -1.05. The number of Topliss-reactive ketones (excluding diaryl/α,β-unsaturated/α-hetero) is 1. The van der Waals surface area contributed by atoms with Crippen molar-refractivity contribution < 1.29 is 9.53 Å². The zero-order valence-corrected chi connectivity index (χ0v) is 8.09. The molecule has 0 amide bonds. The molecule has 2 heteroatoms. The second-order valence-electron chi connectivity index (χ2n) is 4.24. The van der Waals surface area contributed by atoms with Crippen LogP contribution in [-0.4, -0.2) is 11.4 Å². The van der Waals surface area contributed by atoms with Crippen LogP contribution in [0, 0.1) is 0 Å². The van der Waals surface area contributed by atoms with Crippen molar-refractivity contribution in [3.8, 4) is 0 Å². The summed E-state index contributed by atoms with van der Waals surface area (Å²) >= 11 is 0. The Labute approximate surface area is 78.3 Å². The molecule has 1 heterocycles. The quantitative estimate of drug-likeness (QED) is 0.532. The number of hydrogen-bond donors (Lipinski definition) is 0. The van der Waals surface area contributed by atoms with Crippen LogP contribution < -0.4 is 0 Å². The van der Waals surface area contributed by atoms with Crippen molar-refractivity contribution in [1.29, 1.82) is 0 Å². The first-order valence-electron chi connectivity index (χ1n) is 4.68. The molecule has 2 nitrogen and oxygen atoms in total. The van der Waals surface area contributed by atoms with Crippen LogP contribution in [0.2, 0.25) is 0 Å². The maximum absolute atomic E-state index is 11.7. The monoisotopic (exact) mass is 178 g/mol. The molecule has 0 bridgehead atoms. The van der Waals surface area contributed by atoms with E-state index in [1.807, 2.05) is 19.9 Å². The summed E-state index contributed by atoms with van der Waals surface area (Å²) in [7, 11) is 0. The van der Waals surface area contributed by atoms with Gasteiger partial charge >= 0.3 is 0 Å². The molecule has 0 radical (unpaired) electrons. The lowest BCUT2D eigenvalue weighted by Gasteiger charge is -2.34. The molecule has 0 aromatic rings. The van der Waals surface area contributed by atoms with Crippen molar-refractivity contribution in [2.45, 2.75) is 38.7 Å². The van der Waals surface area contributed by atoms with Crippen LogP contribution in [0.4, 0.5) is 0 Å². The molecule has 0 aromatic heterocycles. The molecule has 0 spiro atoms. The van der Waals surface area contributed by atoms with Gasteiger partial charge in [0, 0.05) is 12.0 Å². The van der Waals surface area contributed by atoms with Crippen molar-refractivity contribution in [2.75, 3.05) is 0 Å². The fourth-order valence-corrected chi connectivity index (χ4v) is 1.86. The van der Waals surface area contributed by atoms with Crippen molar-refractivity contribution >= 4 is 5.78 Å². The van der Waals surface area contributed by atoms with E-state index in [9.17, 15) is 4.79 Å². The van der Waals surface area contributed by atoms with Crippen molar-refractivity contribution in [2.24, 2.45) is 0 Å². The first-order valence-corrected chi connectivity index (χ1v) is 4.68. The minimum absolute atomic E-state index is 0.260. The van der Waals surface area contributed by atoms with Crippen LogP contribution >= 0.6 is 0 Å². The van der Waals surface area contributed by atoms with Crippen LogP contribution in [0.3, 0.4) is 0 Å². The maximum Gasteiger partial charge on any atom is 0.166 e. The lowest BCUT2D eigenvalue weighted by atomic mass is 9.89. The Kier molecular flexibility index (Phi) is 1.79. The summed E-state index contributed by atoms with van der Waals surface area (Å²) in [6.45, 7) is 3.93. The van der Waals surface area contributed by atoms with E-state index >= 15 is 0 Å². The fourth-order valence-electron chi connectivity index (χ4n) is 1.86. The van der Waals surface area contributed by atoms with E-state index in [0.717, 1.165) is 24.2 Å². The van der Waals surface area contributed by atoms with Gasteiger partial charge in [-0.3, -0.25) is 4.79 Å². The molecular formula is C11H14O2. The first-order chi connectivity index (χ1) is 6.08. The molecule has 0 saturated carbocycles. The Bertz CT molecular complexity index is 308. The smallest absolute Gasteiger partial charge is 0.166 e. The number of hydrogen-bond acceptors (Lipinski definition) is 2. The topological polar surface area (TPSA) is 26.3 Å². The third-order valence-electron chi connectivity index (χ3n) is 2.45. The van der Waals surface area contributed by atoms with Gasteiger partial charge in [0.25, 0.3) is 0 Å². The number of allylic oxidation sites excluding steroid dienone is 3. The minimum Gasteiger partial charge on any atom is -0.491 e. The number of carbonyl (C=O) groups excluding carboxylic acids is 1. The van der Waals surface area contributed by atoms with Crippen LogP contribution in [0.25, 0.3) is 0 Å². The lowest BCUT2D eigenvalue weighted by molar-refractivity contribution is -0.123. The van der Waals surface area contributed by atoms with Crippen molar-refractivity contribution in [3.05, 3.63) is 23.5 Å². The van der Waals surface area contributed by atoms with Gasteiger partial charge in [0.05, 0.1) is 6.42 Å². The standard InChI is InChI=1S/C11H14O2/c1-11(2)7-9(12)8-5-3-4-6-10(8)13-11/h3-4H,5-7H2,1-2H3. The molecule has 2 rings (SSSR count). The molecule has 0 aromatic carbocycles. The molecule has 1 aliphatic heterocycles. The van der Waals surface area contributed by atoms with E-state index in [1.54, 1.807) is 0 Å². The van der Waals surface area contributed by atoms with Crippen LogP contribution in [-0.2, 0) is 9.53 Å². The van der Waals surface area contributed by atoms with Gasteiger partial charge in [-0.25, -0.2) is 0 Å². The highest BCUT2D eigenvalue weighted by Gasteiger charge is 2.33. The molecule has 0 saturated heterocycles. The van der Waals surface area contributed by atoms with E-state index < -0.39 is 0 Å². The van der Waals surface area contributed by atoms with E-state index in [4.69, 9.17) is 4.74 Å². The third-order valence-corrected chi connectivity index (χ3v) is 2.45. The van der Waals surface area contributed by atoms with E-state index in [-0.39, 0.29) is 11.4 Å². The average Bonchev–Trinajstić information content (AvgIpc) is 2.02. The molecule has 13 heavy (non-hydrogen) atoms. The van der Waals surface area contributed by atoms with E-state index in [2.05, 4.69) is 6.08 Å². The highest BCUT2D eigenvalue weighted by atomic mass is 16.5. The fraction of sp³-hybridized carbons (Fsp3) is 0.545. The second kappa shape index (κ2) is 2.72. The summed E-state index contributed by atoms with van der Waals surface area (Å²) < 4.78 is 5.76. The van der Waals surface area contributed by atoms with Gasteiger partial charge < -0.3 is 4.74 Å². The Morgan fingerprint density at radius 3 is 2.77 bits per heavy atom. The highest BCUT2D eigenvalue weighted by Crippen LogP contribution is 2.34. The average molecular weight is 178 g/mol. The number of ketones is 1. The maximum atomic E-state index is 11.7. The minimum atomic E-state index is -0.304. The summed E-state index contributed by atoms with van der Waals surface area (Å²) in [5.41, 5.74) is 0.586. The summed E-state index contributed by atoms with van der Waals surface area (Å²) in [4.78, 5) is 11.7. The molecular weight excluding hydrogens is 164 g/mol. The molecule has 2 aliphatic rings. The third kappa shape index (κ3) is 1.53. The number of carbonyl (C=O) groups is 1. The zero-order chi connectivity index (χ0) is 9.47. The molecule has 1 aliphatic carbocycles. The van der Waals surface area contributed by atoms with Crippen LogP contribution in [0.15, 0.2) is 23.5 Å². The highest BCUT2D eigenvalue weighted by molar-refractivity contribution is 5.97. The Morgan fingerprint density at radius 1 is 1.31 bits per heavy atom. The number of ether oxygens (including phenoxy) is 1. The molecule has 0 fully saturated rings. The van der Waals surface area contributed by atoms with Gasteiger partial charge in [0.15, 0.2) is 5.78 Å². The van der Waals surface area contributed by atoms with Gasteiger partial charge in [-0.2, -0.15) is 0 Å². The predicted octanol–water partition coefficient (Wildman–Crippen LogP) is 2.36. The summed E-state index contributed by atoms with van der Waals surface area (Å²) in [6, 6.07) is 0. The van der Waals surface area contributed by atoms with Gasteiger partial charge in [-0.05, 0) is 20.3 Å². The Morgan fingerprint density at radius 2 is 2.00 bits per heavy atom. The van der Waals surface area contributed by atoms with E-state index in [0.29, 0.717) is 6.42 Å². The van der Waals surface area contributed by atoms with Gasteiger partial charge in [0.2, 0.25) is 0 Å². The largest absolute Gasteiger partial charge is 0.491 e. The SMILES string of the molecule is CC1(C)CC(=O)C2=C(CC=CC2)O1. The van der Waals surface area contributed by atoms with Gasteiger partial charge in [0.1, 0.15) is 11.4 Å². The van der Waals surface area contributed by atoms with Gasteiger partial charge in [-0.1, -0.05) is 12.2 Å². The summed E-state index contributed by atoms with van der Waals surface area (Å²) in [5.74, 6) is 1.15.